The minimum absolute atomic E-state index is 0.194. The van der Waals surface area contributed by atoms with Gasteiger partial charge in [0.2, 0.25) is 0 Å². The van der Waals surface area contributed by atoms with Crippen molar-refractivity contribution in [1.82, 2.24) is 14.5 Å². The molecule has 0 amide bonds. The van der Waals surface area contributed by atoms with Gasteiger partial charge < -0.3 is 5.11 Å². The van der Waals surface area contributed by atoms with Crippen LogP contribution in [0.3, 0.4) is 0 Å². The molecule has 2 aromatic heterocycles. The summed E-state index contributed by atoms with van der Waals surface area (Å²) in [5, 5.41) is 8.58. The van der Waals surface area contributed by atoms with Crippen LogP contribution in [-0.4, -0.2) is 25.6 Å². The van der Waals surface area contributed by atoms with Crippen molar-refractivity contribution in [2.24, 2.45) is 5.92 Å². The highest BCUT2D eigenvalue weighted by Crippen LogP contribution is 2.37. The van der Waals surface area contributed by atoms with Crippen LogP contribution in [0.2, 0.25) is 5.02 Å². The summed E-state index contributed by atoms with van der Waals surface area (Å²) in [7, 11) is 0. The maximum Gasteiger partial charge on any atom is 0.417 e. The molecule has 3 aromatic rings. The van der Waals surface area contributed by atoms with Crippen LogP contribution in [0.1, 0.15) is 37.2 Å². The summed E-state index contributed by atoms with van der Waals surface area (Å²) in [6.45, 7) is 3.50. The second-order valence-electron chi connectivity index (χ2n) is 6.84. The lowest BCUT2D eigenvalue weighted by Gasteiger charge is -2.11. The molecule has 0 saturated carbocycles. The highest BCUT2D eigenvalue weighted by molar-refractivity contribution is 6.32. The van der Waals surface area contributed by atoms with Crippen molar-refractivity contribution in [2.45, 2.75) is 39.3 Å². The molecule has 0 fully saturated rings. The van der Waals surface area contributed by atoms with Crippen LogP contribution < -0.4 is 0 Å². The molecule has 1 N–H and O–H groups in total. The second kappa shape index (κ2) is 8.02. The molecule has 0 spiro atoms. The Kier molecular flexibility index (Phi) is 5.84. The number of alkyl halides is 3. The third-order valence-corrected chi connectivity index (χ3v) is 5.07. The Labute approximate surface area is 170 Å². The number of carboxylic acids is 1. The standard InChI is InChI=1S/C20H19ClF3N3O2/c1-3-17-26-15-8-13(20(22,23)24)14(21)9-16(15)27(17)18-7-6-12(10-25-18)5-4-11(2)19(28)29/h6-11H,3-5H2,1-2H3,(H,28,29). The molecule has 9 heteroatoms. The third kappa shape index (κ3) is 4.37. The number of hydrogen-bond acceptors (Lipinski definition) is 3. The molecule has 0 aliphatic rings. The highest BCUT2D eigenvalue weighted by atomic mass is 35.5. The van der Waals surface area contributed by atoms with Crippen molar-refractivity contribution in [1.29, 1.82) is 0 Å². The van der Waals surface area contributed by atoms with Crippen molar-refractivity contribution in [3.63, 3.8) is 0 Å². The average Bonchev–Trinajstić information content (AvgIpc) is 3.02. The Balaban J connectivity index is 1.98. The van der Waals surface area contributed by atoms with E-state index in [1.165, 1.54) is 6.07 Å². The monoisotopic (exact) mass is 425 g/mol. The van der Waals surface area contributed by atoms with Gasteiger partial charge in [-0.05, 0) is 36.6 Å². The number of fused-ring (bicyclic) bond motifs is 1. The number of benzene rings is 1. The van der Waals surface area contributed by atoms with Gasteiger partial charge in [-0.2, -0.15) is 13.2 Å². The first-order valence-corrected chi connectivity index (χ1v) is 9.45. The quantitative estimate of drug-likeness (QED) is 0.581. The summed E-state index contributed by atoms with van der Waals surface area (Å²) >= 11 is 5.89. The van der Waals surface area contributed by atoms with Crippen LogP contribution in [0.5, 0.6) is 0 Å². The normalized spacial score (nSPS) is 13.0. The van der Waals surface area contributed by atoms with Gasteiger partial charge in [0.25, 0.3) is 0 Å². The van der Waals surface area contributed by atoms with Gasteiger partial charge >= 0.3 is 12.1 Å². The number of aryl methyl sites for hydroxylation is 2. The summed E-state index contributed by atoms with van der Waals surface area (Å²) < 4.78 is 41.1. The molecule has 0 saturated heterocycles. The van der Waals surface area contributed by atoms with Gasteiger partial charge in [-0.1, -0.05) is 31.5 Å². The van der Waals surface area contributed by atoms with Crippen molar-refractivity contribution in [3.05, 3.63) is 52.4 Å². The average molecular weight is 426 g/mol. The van der Waals surface area contributed by atoms with Gasteiger partial charge in [0.05, 0.1) is 27.5 Å². The van der Waals surface area contributed by atoms with E-state index >= 15 is 0 Å². The van der Waals surface area contributed by atoms with Gasteiger partial charge in [0, 0.05) is 12.6 Å². The number of nitrogens with zero attached hydrogens (tertiary/aromatic N) is 3. The zero-order valence-corrected chi connectivity index (χ0v) is 16.6. The first kappa shape index (κ1) is 21.1. The lowest BCUT2D eigenvalue weighted by Crippen LogP contribution is -2.10. The number of imidazole rings is 1. The van der Waals surface area contributed by atoms with E-state index in [-0.39, 0.29) is 5.52 Å². The Bertz CT molecular complexity index is 1050. The fourth-order valence-electron chi connectivity index (χ4n) is 3.06. The number of halogens is 4. The van der Waals surface area contributed by atoms with Crippen molar-refractivity contribution in [3.8, 4) is 5.82 Å². The molecular weight excluding hydrogens is 407 g/mol. The van der Waals surface area contributed by atoms with Crippen LogP contribution in [0.25, 0.3) is 16.9 Å². The molecule has 2 heterocycles. The molecule has 29 heavy (non-hydrogen) atoms. The molecule has 1 unspecified atom stereocenters. The molecule has 3 rings (SSSR count). The zero-order chi connectivity index (χ0) is 21.3. The number of carbonyl (C=O) groups is 1. The summed E-state index contributed by atoms with van der Waals surface area (Å²) in [6, 6.07) is 5.78. The Morgan fingerprint density at radius 2 is 2.03 bits per heavy atom. The number of aromatic nitrogens is 3. The van der Waals surface area contributed by atoms with Crippen LogP contribution in [0.15, 0.2) is 30.5 Å². The van der Waals surface area contributed by atoms with Gasteiger partial charge in [0.15, 0.2) is 0 Å². The molecule has 1 aromatic carbocycles. The van der Waals surface area contributed by atoms with E-state index in [1.54, 1.807) is 23.8 Å². The van der Waals surface area contributed by atoms with Gasteiger partial charge in [-0.15, -0.1) is 0 Å². The summed E-state index contributed by atoms with van der Waals surface area (Å²) in [5.74, 6) is -0.226. The molecule has 0 bridgehead atoms. The lowest BCUT2D eigenvalue weighted by molar-refractivity contribution is -0.141. The minimum Gasteiger partial charge on any atom is -0.481 e. The molecule has 5 nitrogen and oxygen atoms in total. The largest absolute Gasteiger partial charge is 0.481 e. The van der Waals surface area contributed by atoms with E-state index in [4.69, 9.17) is 16.7 Å². The fourth-order valence-corrected chi connectivity index (χ4v) is 3.33. The van der Waals surface area contributed by atoms with Gasteiger partial charge in [-0.25, -0.2) is 9.97 Å². The van der Waals surface area contributed by atoms with Crippen molar-refractivity contribution < 1.29 is 23.1 Å². The van der Waals surface area contributed by atoms with Crippen molar-refractivity contribution in [2.75, 3.05) is 0 Å². The molecule has 0 aliphatic heterocycles. The summed E-state index contributed by atoms with van der Waals surface area (Å²) in [4.78, 5) is 19.7. The van der Waals surface area contributed by atoms with Crippen molar-refractivity contribution >= 4 is 28.6 Å². The van der Waals surface area contributed by atoms with Gasteiger partial charge in [-0.3, -0.25) is 9.36 Å². The van der Waals surface area contributed by atoms with Crippen LogP contribution in [0, 0.1) is 5.92 Å². The zero-order valence-electron chi connectivity index (χ0n) is 15.8. The number of hydrogen-bond donors (Lipinski definition) is 1. The van der Waals surface area contributed by atoms with E-state index in [9.17, 15) is 18.0 Å². The van der Waals surface area contributed by atoms with E-state index in [2.05, 4.69) is 9.97 Å². The highest BCUT2D eigenvalue weighted by Gasteiger charge is 2.34. The van der Waals surface area contributed by atoms with E-state index in [0.717, 1.165) is 11.6 Å². The molecule has 1 atom stereocenters. The van der Waals surface area contributed by atoms with Crippen LogP contribution in [0.4, 0.5) is 13.2 Å². The number of carboxylic acid groups (broad SMARTS) is 1. The molecule has 154 valence electrons. The van der Waals surface area contributed by atoms with E-state index in [0.29, 0.717) is 36.4 Å². The third-order valence-electron chi connectivity index (χ3n) is 4.76. The minimum atomic E-state index is -4.56. The summed E-state index contributed by atoms with van der Waals surface area (Å²) in [5.41, 5.74) is 0.593. The Morgan fingerprint density at radius 3 is 2.59 bits per heavy atom. The summed E-state index contributed by atoms with van der Waals surface area (Å²) in [6.07, 6.45) is -1.38. The predicted molar refractivity (Wildman–Crippen MR) is 103 cm³/mol. The number of pyridine rings is 1. The maximum absolute atomic E-state index is 13.1. The predicted octanol–water partition coefficient (Wildman–Crippen LogP) is 5.31. The number of rotatable bonds is 6. The second-order valence-corrected chi connectivity index (χ2v) is 7.25. The maximum atomic E-state index is 13.1. The first-order chi connectivity index (χ1) is 13.6. The lowest BCUT2D eigenvalue weighted by atomic mass is 10.0. The van der Waals surface area contributed by atoms with E-state index < -0.39 is 28.6 Å². The fraction of sp³-hybridized carbons (Fsp3) is 0.350. The van der Waals surface area contributed by atoms with E-state index in [1.807, 2.05) is 13.0 Å². The topological polar surface area (TPSA) is 68.0 Å². The Morgan fingerprint density at radius 1 is 1.31 bits per heavy atom. The molecule has 0 radical (unpaired) electrons. The smallest absolute Gasteiger partial charge is 0.417 e. The SMILES string of the molecule is CCc1nc2cc(C(F)(F)F)c(Cl)cc2n1-c1ccc(CCC(C)C(=O)O)cn1. The Hall–Kier alpha value is -2.61. The van der Waals surface area contributed by atoms with Crippen LogP contribution in [-0.2, 0) is 23.8 Å². The first-order valence-electron chi connectivity index (χ1n) is 9.08. The van der Waals surface area contributed by atoms with Gasteiger partial charge in [0.1, 0.15) is 11.6 Å². The molecule has 0 aliphatic carbocycles. The number of aliphatic carboxylic acids is 1. The molecular formula is C20H19ClF3N3O2. The van der Waals surface area contributed by atoms with Crippen LogP contribution >= 0.6 is 11.6 Å².